The molecule has 1 saturated heterocycles. The number of carbonyl (C=O) groups excluding carboxylic acids is 1. The SMILES string of the molecule is Cc1cccc(C(=O)N2CCC(CCl)C2)c1Br. The Kier molecular flexibility index (Phi) is 4.10. The summed E-state index contributed by atoms with van der Waals surface area (Å²) in [6, 6.07) is 5.78. The van der Waals surface area contributed by atoms with Crippen LogP contribution < -0.4 is 0 Å². The Labute approximate surface area is 115 Å². The van der Waals surface area contributed by atoms with E-state index in [0.717, 1.165) is 35.1 Å². The number of carbonyl (C=O) groups is 1. The van der Waals surface area contributed by atoms with E-state index in [-0.39, 0.29) is 5.91 Å². The average Bonchev–Trinajstić information content (AvgIpc) is 2.80. The fourth-order valence-corrected chi connectivity index (χ4v) is 2.81. The number of hydrogen-bond acceptors (Lipinski definition) is 1. The van der Waals surface area contributed by atoms with E-state index in [4.69, 9.17) is 11.6 Å². The van der Waals surface area contributed by atoms with Gasteiger partial charge in [0.2, 0.25) is 0 Å². The van der Waals surface area contributed by atoms with Crippen molar-refractivity contribution in [2.24, 2.45) is 5.92 Å². The number of amides is 1. The molecule has 1 fully saturated rings. The quantitative estimate of drug-likeness (QED) is 0.765. The van der Waals surface area contributed by atoms with E-state index in [2.05, 4.69) is 15.9 Å². The topological polar surface area (TPSA) is 20.3 Å². The highest BCUT2D eigenvalue weighted by Gasteiger charge is 2.27. The molecule has 92 valence electrons. The molecule has 0 N–H and O–H groups in total. The van der Waals surface area contributed by atoms with Crippen LogP contribution in [0.2, 0.25) is 0 Å². The van der Waals surface area contributed by atoms with Crippen LogP contribution in [0.5, 0.6) is 0 Å². The van der Waals surface area contributed by atoms with Gasteiger partial charge in [-0.2, -0.15) is 0 Å². The maximum Gasteiger partial charge on any atom is 0.255 e. The Bertz CT molecular complexity index is 435. The van der Waals surface area contributed by atoms with Crippen LogP contribution in [-0.4, -0.2) is 29.8 Å². The van der Waals surface area contributed by atoms with Crippen molar-refractivity contribution in [2.75, 3.05) is 19.0 Å². The van der Waals surface area contributed by atoms with Crippen molar-refractivity contribution in [2.45, 2.75) is 13.3 Å². The van der Waals surface area contributed by atoms with Crippen molar-refractivity contribution in [3.05, 3.63) is 33.8 Å². The molecule has 2 nitrogen and oxygen atoms in total. The zero-order valence-electron chi connectivity index (χ0n) is 9.75. The molecule has 4 heteroatoms. The predicted octanol–water partition coefficient (Wildman–Crippen LogP) is 3.46. The lowest BCUT2D eigenvalue weighted by Gasteiger charge is -2.17. The molecule has 2 rings (SSSR count). The summed E-state index contributed by atoms with van der Waals surface area (Å²) in [4.78, 5) is 14.2. The fourth-order valence-electron chi connectivity index (χ4n) is 2.13. The second-order valence-corrected chi connectivity index (χ2v) is 5.60. The Morgan fingerprint density at radius 1 is 1.59 bits per heavy atom. The Balaban J connectivity index is 2.18. The highest BCUT2D eigenvalue weighted by Crippen LogP contribution is 2.25. The summed E-state index contributed by atoms with van der Waals surface area (Å²) in [5.74, 6) is 1.19. The van der Waals surface area contributed by atoms with Gasteiger partial charge in [-0.05, 0) is 46.8 Å². The molecule has 1 heterocycles. The minimum absolute atomic E-state index is 0.105. The molecule has 17 heavy (non-hydrogen) atoms. The van der Waals surface area contributed by atoms with Crippen LogP contribution in [0.3, 0.4) is 0 Å². The van der Waals surface area contributed by atoms with E-state index in [1.807, 2.05) is 30.0 Å². The van der Waals surface area contributed by atoms with E-state index >= 15 is 0 Å². The van der Waals surface area contributed by atoms with Gasteiger partial charge in [-0.3, -0.25) is 4.79 Å². The lowest BCUT2D eigenvalue weighted by Crippen LogP contribution is -2.29. The Hall–Kier alpha value is -0.540. The summed E-state index contributed by atoms with van der Waals surface area (Å²) < 4.78 is 0.902. The molecule has 1 aliphatic rings. The van der Waals surface area contributed by atoms with Crippen LogP contribution in [0.1, 0.15) is 22.3 Å². The predicted molar refractivity (Wildman–Crippen MR) is 73.6 cm³/mol. The van der Waals surface area contributed by atoms with Gasteiger partial charge in [0.15, 0.2) is 0 Å². The number of hydrogen-bond donors (Lipinski definition) is 0. The number of nitrogens with zero attached hydrogens (tertiary/aromatic N) is 1. The number of aryl methyl sites for hydroxylation is 1. The third-order valence-electron chi connectivity index (χ3n) is 3.21. The van der Waals surface area contributed by atoms with Crippen LogP contribution in [0, 0.1) is 12.8 Å². The molecule has 1 aromatic carbocycles. The van der Waals surface area contributed by atoms with E-state index in [1.165, 1.54) is 0 Å². The minimum atomic E-state index is 0.105. The van der Waals surface area contributed by atoms with Crippen molar-refractivity contribution in [3.63, 3.8) is 0 Å². The molecule has 0 aromatic heterocycles. The molecule has 1 atom stereocenters. The smallest absolute Gasteiger partial charge is 0.255 e. The van der Waals surface area contributed by atoms with Crippen LogP contribution in [0.25, 0.3) is 0 Å². The van der Waals surface area contributed by atoms with Crippen LogP contribution in [-0.2, 0) is 0 Å². The Morgan fingerprint density at radius 3 is 3.00 bits per heavy atom. The maximum atomic E-state index is 12.3. The first kappa shape index (κ1) is 12.9. The molecular weight excluding hydrogens is 302 g/mol. The van der Waals surface area contributed by atoms with Crippen molar-refractivity contribution >= 4 is 33.4 Å². The number of rotatable bonds is 2. The third-order valence-corrected chi connectivity index (χ3v) is 4.70. The van der Waals surface area contributed by atoms with Gasteiger partial charge in [0.25, 0.3) is 5.91 Å². The van der Waals surface area contributed by atoms with Crippen LogP contribution in [0.15, 0.2) is 22.7 Å². The highest BCUT2D eigenvalue weighted by molar-refractivity contribution is 9.10. The number of alkyl halides is 1. The average molecular weight is 317 g/mol. The van der Waals surface area contributed by atoms with Gasteiger partial charge in [0.1, 0.15) is 0 Å². The standard InChI is InChI=1S/C13H15BrClNO/c1-9-3-2-4-11(12(9)14)13(17)16-6-5-10(7-15)8-16/h2-4,10H,5-8H2,1H3. The van der Waals surface area contributed by atoms with E-state index in [0.29, 0.717) is 11.8 Å². The van der Waals surface area contributed by atoms with Gasteiger partial charge < -0.3 is 4.90 Å². The summed E-state index contributed by atoms with van der Waals surface area (Å²) in [5.41, 5.74) is 1.84. The van der Waals surface area contributed by atoms with E-state index in [1.54, 1.807) is 0 Å². The first-order valence-corrected chi connectivity index (χ1v) is 7.06. The Morgan fingerprint density at radius 2 is 2.35 bits per heavy atom. The summed E-state index contributed by atoms with van der Waals surface area (Å²) in [7, 11) is 0. The maximum absolute atomic E-state index is 12.3. The second kappa shape index (κ2) is 5.40. The zero-order chi connectivity index (χ0) is 12.4. The van der Waals surface area contributed by atoms with Gasteiger partial charge in [0, 0.05) is 23.4 Å². The van der Waals surface area contributed by atoms with E-state index < -0.39 is 0 Å². The normalized spacial score (nSPS) is 19.7. The van der Waals surface area contributed by atoms with E-state index in [9.17, 15) is 4.79 Å². The molecule has 0 spiro atoms. The van der Waals surface area contributed by atoms with Gasteiger partial charge in [-0.25, -0.2) is 0 Å². The summed E-state index contributed by atoms with van der Waals surface area (Å²) in [6.45, 7) is 3.59. The second-order valence-electron chi connectivity index (χ2n) is 4.50. The first-order valence-electron chi connectivity index (χ1n) is 5.74. The molecule has 1 aromatic rings. The molecule has 0 bridgehead atoms. The van der Waals surface area contributed by atoms with Crippen molar-refractivity contribution in [1.82, 2.24) is 4.90 Å². The highest BCUT2D eigenvalue weighted by atomic mass is 79.9. The van der Waals surface area contributed by atoms with Crippen LogP contribution >= 0.6 is 27.5 Å². The van der Waals surface area contributed by atoms with Gasteiger partial charge in [0.05, 0.1) is 5.56 Å². The minimum Gasteiger partial charge on any atom is -0.338 e. The molecule has 0 radical (unpaired) electrons. The fraction of sp³-hybridized carbons (Fsp3) is 0.462. The van der Waals surface area contributed by atoms with Gasteiger partial charge in [-0.15, -0.1) is 11.6 Å². The summed E-state index contributed by atoms with van der Waals surface area (Å²) in [5, 5.41) is 0. The third kappa shape index (κ3) is 2.66. The molecule has 1 aliphatic heterocycles. The number of benzene rings is 1. The van der Waals surface area contributed by atoms with Gasteiger partial charge >= 0.3 is 0 Å². The van der Waals surface area contributed by atoms with Gasteiger partial charge in [-0.1, -0.05) is 12.1 Å². The van der Waals surface area contributed by atoms with Crippen molar-refractivity contribution in [3.8, 4) is 0 Å². The van der Waals surface area contributed by atoms with Crippen molar-refractivity contribution in [1.29, 1.82) is 0 Å². The largest absolute Gasteiger partial charge is 0.338 e. The molecule has 0 saturated carbocycles. The van der Waals surface area contributed by atoms with Crippen LogP contribution in [0.4, 0.5) is 0 Å². The van der Waals surface area contributed by atoms with Crippen molar-refractivity contribution < 1.29 is 4.79 Å². The summed E-state index contributed by atoms with van der Waals surface area (Å²) >= 11 is 9.32. The monoisotopic (exact) mass is 315 g/mol. The molecule has 1 amide bonds. The lowest BCUT2D eigenvalue weighted by molar-refractivity contribution is 0.0787. The first-order chi connectivity index (χ1) is 8.13. The molecule has 1 unspecified atom stereocenters. The zero-order valence-corrected chi connectivity index (χ0v) is 12.1. The molecule has 0 aliphatic carbocycles. The molecular formula is C13H15BrClNO. The number of halogens is 2. The summed E-state index contributed by atoms with van der Waals surface area (Å²) in [6.07, 6.45) is 1.01. The number of likely N-dealkylation sites (tertiary alicyclic amines) is 1. The lowest BCUT2D eigenvalue weighted by atomic mass is 10.1.